The van der Waals surface area contributed by atoms with E-state index in [0.717, 1.165) is 5.69 Å². The first-order valence-electron chi connectivity index (χ1n) is 6.39. The number of hydrogen-bond acceptors (Lipinski definition) is 0. The summed E-state index contributed by atoms with van der Waals surface area (Å²) in [5.41, 5.74) is 4.77. The van der Waals surface area contributed by atoms with E-state index in [1.165, 1.54) is 16.7 Å². The van der Waals surface area contributed by atoms with Crippen molar-refractivity contribution in [3.63, 3.8) is 0 Å². The molecule has 0 aliphatic carbocycles. The molecule has 0 spiro atoms. The smallest absolute Gasteiger partial charge is 0.0386 e. The van der Waals surface area contributed by atoms with Crippen LogP contribution < -0.4 is 0 Å². The van der Waals surface area contributed by atoms with E-state index in [1.807, 2.05) is 30.5 Å². The maximum Gasteiger partial charge on any atom is 0.0386 e. The van der Waals surface area contributed by atoms with Gasteiger partial charge in [-0.1, -0.05) is 66.7 Å². The molecule has 0 bridgehead atoms. The Balaban J connectivity index is 1.81. The van der Waals surface area contributed by atoms with Crippen LogP contribution in [0.25, 0.3) is 23.3 Å². The highest BCUT2D eigenvalue weighted by Crippen LogP contribution is 2.20. The van der Waals surface area contributed by atoms with Gasteiger partial charge in [-0.3, -0.25) is 0 Å². The number of nitrogens with one attached hydrogen (secondary N) is 1. The van der Waals surface area contributed by atoms with E-state index in [-0.39, 0.29) is 0 Å². The fraction of sp³-hybridized carbons (Fsp3) is 0. The summed E-state index contributed by atoms with van der Waals surface area (Å²) in [6.07, 6.45) is 6.25. The molecule has 3 aromatic rings. The van der Waals surface area contributed by atoms with Gasteiger partial charge in [0.25, 0.3) is 0 Å². The Morgan fingerprint density at radius 2 is 1.37 bits per heavy atom. The molecule has 19 heavy (non-hydrogen) atoms. The summed E-state index contributed by atoms with van der Waals surface area (Å²) in [5.74, 6) is 0. The van der Waals surface area contributed by atoms with Gasteiger partial charge in [0.15, 0.2) is 0 Å². The molecular formula is C18H15N. The molecule has 0 atom stereocenters. The molecule has 0 aliphatic heterocycles. The SMILES string of the molecule is C(=C\c1cc(-c2ccccc2)c[nH]1)/c1ccccc1. The lowest BCUT2D eigenvalue weighted by Gasteiger charge is -1.94. The second-order valence-electron chi connectivity index (χ2n) is 4.45. The first kappa shape index (κ1) is 11.5. The maximum absolute atomic E-state index is 3.29. The highest BCUT2D eigenvalue weighted by atomic mass is 14.7. The van der Waals surface area contributed by atoms with Crippen LogP contribution in [0.2, 0.25) is 0 Å². The molecule has 0 saturated heterocycles. The predicted molar refractivity (Wildman–Crippen MR) is 81.6 cm³/mol. The van der Waals surface area contributed by atoms with Crippen molar-refractivity contribution in [2.45, 2.75) is 0 Å². The van der Waals surface area contributed by atoms with Gasteiger partial charge in [0, 0.05) is 11.9 Å². The van der Waals surface area contributed by atoms with Gasteiger partial charge < -0.3 is 4.98 Å². The van der Waals surface area contributed by atoms with E-state index in [4.69, 9.17) is 0 Å². The molecule has 0 saturated carbocycles. The first-order valence-corrected chi connectivity index (χ1v) is 6.39. The quantitative estimate of drug-likeness (QED) is 0.678. The third-order valence-corrected chi connectivity index (χ3v) is 3.07. The van der Waals surface area contributed by atoms with Crippen LogP contribution in [-0.4, -0.2) is 4.98 Å². The van der Waals surface area contributed by atoms with E-state index in [1.54, 1.807) is 0 Å². The molecule has 0 fully saturated rings. The number of aromatic amines is 1. The summed E-state index contributed by atoms with van der Waals surface area (Å²) in [5, 5.41) is 0. The third-order valence-electron chi connectivity index (χ3n) is 3.07. The Kier molecular flexibility index (Phi) is 3.28. The van der Waals surface area contributed by atoms with Crippen molar-refractivity contribution in [1.29, 1.82) is 0 Å². The molecule has 1 heterocycles. The predicted octanol–water partition coefficient (Wildman–Crippen LogP) is 4.85. The minimum absolute atomic E-state index is 1.11. The lowest BCUT2D eigenvalue weighted by Crippen LogP contribution is -1.71. The number of benzene rings is 2. The summed E-state index contributed by atoms with van der Waals surface area (Å²) in [6, 6.07) is 22.9. The number of rotatable bonds is 3. The standard InChI is InChI=1S/C18H15N/c1-3-7-15(8-4-1)11-12-18-13-17(14-19-18)16-9-5-2-6-10-16/h1-14,19H/b12-11+. The zero-order chi connectivity index (χ0) is 12.9. The minimum atomic E-state index is 1.11. The molecule has 92 valence electrons. The van der Waals surface area contributed by atoms with Gasteiger partial charge in [0.05, 0.1) is 0 Å². The lowest BCUT2D eigenvalue weighted by atomic mass is 10.1. The van der Waals surface area contributed by atoms with Crippen LogP contribution in [0.3, 0.4) is 0 Å². The van der Waals surface area contributed by atoms with E-state index in [9.17, 15) is 0 Å². The molecule has 1 heteroatoms. The van der Waals surface area contributed by atoms with Crippen LogP contribution in [0.15, 0.2) is 72.9 Å². The van der Waals surface area contributed by atoms with Gasteiger partial charge >= 0.3 is 0 Å². The Bertz CT molecular complexity index is 663. The van der Waals surface area contributed by atoms with Gasteiger partial charge in [-0.05, 0) is 28.8 Å². The summed E-state index contributed by atoms with van der Waals surface area (Å²) >= 11 is 0. The van der Waals surface area contributed by atoms with Crippen molar-refractivity contribution in [3.8, 4) is 11.1 Å². The highest BCUT2D eigenvalue weighted by Gasteiger charge is 1.98. The Labute approximate surface area is 113 Å². The van der Waals surface area contributed by atoms with Crippen LogP contribution in [-0.2, 0) is 0 Å². The van der Waals surface area contributed by atoms with Gasteiger partial charge in [-0.25, -0.2) is 0 Å². The van der Waals surface area contributed by atoms with Crippen molar-refractivity contribution >= 4 is 12.2 Å². The van der Waals surface area contributed by atoms with Crippen LogP contribution >= 0.6 is 0 Å². The molecule has 1 nitrogen and oxygen atoms in total. The van der Waals surface area contributed by atoms with E-state index in [0.29, 0.717) is 0 Å². The number of hydrogen-bond donors (Lipinski definition) is 1. The van der Waals surface area contributed by atoms with Gasteiger partial charge in [-0.15, -0.1) is 0 Å². The summed E-state index contributed by atoms with van der Waals surface area (Å²) in [4.78, 5) is 3.29. The van der Waals surface area contributed by atoms with Crippen LogP contribution in [0.4, 0.5) is 0 Å². The second-order valence-corrected chi connectivity index (χ2v) is 4.45. The summed E-state index contributed by atoms with van der Waals surface area (Å²) < 4.78 is 0. The molecular weight excluding hydrogens is 230 g/mol. The average molecular weight is 245 g/mol. The molecule has 1 N–H and O–H groups in total. The van der Waals surface area contributed by atoms with Crippen molar-refractivity contribution < 1.29 is 0 Å². The largest absolute Gasteiger partial charge is 0.361 e. The van der Waals surface area contributed by atoms with Crippen molar-refractivity contribution in [1.82, 2.24) is 4.98 Å². The lowest BCUT2D eigenvalue weighted by molar-refractivity contribution is 1.38. The van der Waals surface area contributed by atoms with Crippen LogP contribution in [0.5, 0.6) is 0 Å². The zero-order valence-corrected chi connectivity index (χ0v) is 10.6. The molecule has 0 amide bonds. The Morgan fingerprint density at radius 1 is 0.684 bits per heavy atom. The fourth-order valence-corrected chi connectivity index (χ4v) is 2.06. The van der Waals surface area contributed by atoms with Crippen LogP contribution in [0, 0.1) is 0 Å². The third kappa shape index (κ3) is 2.83. The second kappa shape index (κ2) is 5.40. The average Bonchev–Trinajstić information content (AvgIpc) is 2.96. The van der Waals surface area contributed by atoms with Crippen molar-refractivity contribution in [2.24, 2.45) is 0 Å². The molecule has 0 radical (unpaired) electrons. The van der Waals surface area contributed by atoms with Crippen molar-refractivity contribution in [2.75, 3.05) is 0 Å². The topological polar surface area (TPSA) is 15.8 Å². The first-order chi connectivity index (χ1) is 9.42. The zero-order valence-electron chi connectivity index (χ0n) is 10.6. The molecule has 3 rings (SSSR count). The van der Waals surface area contributed by atoms with Gasteiger partial charge in [0.2, 0.25) is 0 Å². The summed E-state index contributed by atoms with van der Waals surface area (Å²) in [7, 11) is 0. The minimum Gasteiger partial charge on any atom is -0.361 e. The number of aromatic nitrogens is 1. The number of H-pyrrole nitrogens is 1. The van der Waals surface area contributed by atoms with Crippen LogP contribution in [0.1, 0.15) is 11.3 Å². The monoisotopic (exact) mass is 245 g/mol. The fourth-order valence-electron chi connectivity index (χ4n) is 2.06. The molecule has 0 aliphatic rings. The van der Waals surface area contributed by atoms with E-state index < -0.39 is 0 Å². The molecule has 0 unspecified atom stereocenters. The normalized spacial score (nSPS) is 10.9. The molecule has 1 aromatic heterocycles. The summed E-state index contributed by atoms with van der Waals surface area (Å²) in [6.45, 7) is 0. The highest BCUT2D eigenvalue weighted by molar-refractivity contribution is 5.72. The van der Waals surface area contributed by atoms with E-state index >= 15 is 0 Å². The Hall–Kier alpha value is -2.54. The maximum atomic E-state index is 3.29. The van der Waals surface area contributed by atoms with Crippen molar-refractivity contribution in [3.05, 3.63) is 84.2 Å². The van der Waals surface area contributed by atoms with Gasteiger partial charge in [0.1, 0.15) is 0 Å². The van der Waals surface area contributed by atoms with E-state index in [2.05, 4.69) is 59.6 Å². The Morgan fingerprint density at radius 3 is 2.11 bits per heavy atom. The van der Waals surface area contributed by atoms with Gasteiger partial charge in [-0.2, -0.15) is 0 Å². The molecule has 2 aromatic carbocycles.